The number of nitrogens with zero attached hydrogens (tertiary/aromatic N) is 1. The molecule has 0 aliphatic heterocycles. The zero-order valence-corrected chi connectivity index (χ0v) is 8.11. The molecule has 0 unspecified atom stereocenters. The van der Waals surface area contributed by atoms with Gasteiger partial charge in [0.1, 0.15) is 5.82 Å². The van der Waals surface area contributed by atoms with E-state index in [0.29, 0.717) is 0 Å². The van der Waals surface area contributed by atoms with Gasteiger partial charge in [-0.3, -0.25) is 4.79 Å². The van der Waals surface area contributed by atoms with E-state index in [1.54, 1.807) is 0 Å². The van der Waals surface area contributed by atoms with Gasteiger partial charge in [-0.25, -0.2) is 9.18 Å². The van der Waals surface area contributed by atoms with Gasteiger partial charge in [0, 0.05) is 12.6 Å². The Labute approximate surface area is 85.9 Å². The number of hydrogen-bond acceptors (Lipinski definition) is 2. The number of amides is 1. The van der Waals surface area contributed by atoms with E-state index in [4.69, 9.17) is 5.11 Å². The quantitative estimate of drug-likeness (QED) is 0.773. The Morgan fingerprint density at radius 3 is 2.67 bits per heavy atom. The molecule has 0 atom stereocenters. The van der Waals surface area contributed by atoms with Crippen LogP contribution >= 0.6 is 0 Å². The van der Waals surface area contributed by atoms with E-state index in [9.17, 15) is 14.0 Å². The molecule has 0 heterocycles. The molecular formula is C10H10FNO3. The Hall–Kier alpha value is -1.91. The van der Waals surface area contributed by atoms with Crippen molar-refractivity contribution in [3.8, 4) is 0 Å². The standard InChI is InChI=1S/C10H10FNO3/c1-12(10(14)15)6-9(13)7-3-2-4-8(11)5-7/h2-5H,6H2,1H3,(H,14,15). The molecule has 0 fully saturated rings. The number of carbonyl (C=O) groups excluding carboxylic acids is 1. The lowest BCUT2D eigenvalue weighted by atomic mass is 10.1. The molecule has 0 radical (unpaired) electrons. The van der Waals surface area contributed by atoms with Crippen LogP contribution in [0.4, 0.5) is 9.18 Å². The number of ketones is 1. The molecule has 1 rings (SSSR count). The predicted molar refractivity (Wildman–Crippen MR) is 51.4 cm³/mol. The topological polar surface area (TPSA) is 57.6 Å². The molecule has 4 nitrogen and oxygen atoms in total. The highest BCUT2D eigenvalue weighted by molar-refractivity contribution is 5.98. The lowest BCUT2D eigenvalue weighted by Gasteiger charge is -2.11. The van der Waals surface area contributed by atoms with Gasteiger partial charge in [0.05, 0.1) is 6.54 Å². The van der Waals surface area contributed by atoms with Gasteiger partial charge in [-0.15, -0.1) is 0 Å². The Balaban J connectivity index is 2.73. The molecule has 1 N–H and O–H groups in total. The average Bonchev–Trinajstić information content (AvgIpc) is 2.17. The molecule has 0 aliphatic carbocycles. The summed E-state index contributed by atoms with van der Waals surface area (Å²) >= 11 is 0. The highest BCUT2D eigenvalue weighted by Gasteiger charge is 2.13. The SMILES string of the molecule is CN(CC(=O)c1cccc(F)c1)C(=O)O. The Bertz CT molecular complexity index is 392. The van der Waals surface area contributed by atoms with Crippen LogP contribution in [0.5, 0.6) is 0 Å². The molecular weight excluding hydrogens is 201 g/mol. The van der Waals surface area contributed by atoms with Crippen molar-refractivity contribution in [2.45, 2.75) is 0 Å². The van der Waals surface area contributed by atoms with E-state index in [-0.39, 0.29) is 12.1 Å². The van der Waals surface area contributed by atoms with E-state index in [1.807, 2.05) is 0 Å². The first-order valence-electron chi connectivity index (χ1n) is 4.23. The minimum atomic E-state index is -1.19. The third kappa shape index (κ3) is 3.05. The first-order valence-corrected chi connectivity index (χ1v) is 4.23. The van der Waals surface area contributed by atoms with Crippen molar-refractivity contribution in [3.63, 3.8) is 0 Å². The Morgan fingerprint density at radius 1 is 1.47 bits per heavy atom. The summed E-state index contributed by atoms with van der Waals surface area (Å²) in [7, 11) is 1.28. The van der Waals surface area contributed by atoms with Crippen molar-refractivity contribution < 1.29 is 19.1 Å². The number of rotatable bonds is 3. The van der Waals surface area contributed by atoms with Gasteiger partial charge < -0.3 is 10.0 Å². The maximum Gasteiger partial charge on any atom is 0.407 e. The molecule has 0 bridgehead atoms. The first-order chi connectivity index (χ1) is 7.00. The van der Waals surface area contributed by atoms with Crippen molar-refractivity contribution >= 4 is 11.9 Å². The van der Waals surface area contributed by atoms with Crippen molar-refractivity contribution in [1.82, 2.24) is 4.90 Å². The van der Waals surface area contributed by atoms with Gasteiger partial charge in [0.25, 0.3) is 0 Å². The van der Waals surface area contributed by atoms with Gasteiger partial charge in [0.15, 0.2) is 5.78 Å². The molecule has 15 heavy (non-hydrogen) atoms. The van der Waals surface area contributed by atoms with Crippen LogP contribution in [0.3, 0.4) is 0 Å². The maximum absolute atomic E-state index is 12.7. The molecule has 80 valence electrons. The summed E-state index contributed by atoms with van der Waals surface area (Å²) in [6.45, 7) is -0.279. The fourth-order valence-corrected chi connectivity index (χ4v) is 1.04. The second kappa shape index (κ2) is 4.54. The summed E-state index contributed by atoms with van der Waals surface area (Å²) in [6, 6.07) is 5.15. The second-order valence-corrected chi connectivity index (χ2v) is 3.07. The summed E-state index contributed by atoms with van der Waals surface area (Å²) in [5.74, 6) is -0.946. The monoisotopic (exact) mass is 211 g/mol. The molecule has 0 aliphatic rings. The lowest BCUT2D eigenvalue weighted by molar-refractivity contribution is 0.0929. The van der Waals surface area contributed by atoms with E-state index in [2.05, 4.69) is 0 Å². The zero-order valence-electron chi connectivity index (χ0n) is 8.11. The summed E-state index contributed by atoms with van der Waals surface area (Å²) < 4.78 is 12.7. The lowest BCUT2D eigenvalue weighted by Crippen LogP contribution is -2.30. The predicted octanol–water partition coefficient (Wildman–Crippen LogP) is 1.62. The van der Waals surface area contributed by atoms with Crippen molar-refractivity contribution in [2.75, 3.05) is 13.6 Å². The summed E-state index contributed by atoms with van der Waals surface area (Å²) in [4.78, 5) is 22.7. The normalized spacial score (nSPS) is 9.73. The number of benzene rings is 1. The first kappa shape index (κ1) is 11.2. The smallest absolute Gasteiger partial charge is 0.407 e. The molecule has 0 aromatic heterocycles. The van der Waals surface area contributed by atoms with Crippen LogP contribution in [-0.2, 0) is 0 Å². The van der Waals surface area contributed by atoms with Crippen LogP contribution in [0.2, 0.25) is 0 Å². The number of halogens is 1. The highest BCUT2D eigenvalue weighted by atomic mass is 19.1. The van der Waals surface area contributed by atoms with E-state index in [0.717, 1.165) is 11.0 Å². The molecule has 5 heteroatoms. The minimum absolute atomic E-state index is 0.170. The van der Waals surface area contributed by atoms with E-state index >= 15 is 0 Å². The third-order valence-electron chi connectivity index (χ3n) is 1.85. The number of carbonyl (C=O) groups is 2. The van der Waals surface area contributed by atoms with Crippen molar-refractivity contribution in [1.29, 1.82) is 0 Å². The summed E-state index contributed by atoms with van der Waals surface area (Å²) in [6.07, 6.45) is -1.19. The van der Waals surface area contributed by atoms with E-state index in [1.165, 1.54) is 25.2 Å². The van der Waals surface area contributed by atoms with Crippen molar-refractivity contribution in [3.05, 3.63) is 35.6 Å². The largest absolute Gasteiger partial charge is 0.465 e. The van der Waals surface area contributed by atoms with Gasteiger partial charge in [-0.2, -0.15) is 0 Å². The molecule has 1 amide bonds. The average molecular weight is 211 g/mol. The van der Waals surface area contributed by atoms with E-state index < -0.39 is 17.7 Å². The highest BCUT2D eigenvalue weighted by Crippen LogP contribution is 2.05. The van der Waals surface area contributed by atoms with Gasteiger partial charge >= 0.3 is 6.09 Å². The molecule has 1 aromatic carbocycles. The van der Waals surface area contributed by atoms with Crippen molar-refractivity contribution in [2.24, 2.45) is 0 Å². The molecule has 0 saturated carbocycles. The molecule has 1 aromatic rings. The molecule has 0 spiro atoms. The van der Waals surface area contributed by atoms with Crippen LogP contribution < -0.4 is 0 Å². The van der Waals surface area contributed by atoms with Crippen LogP contribution in [-0.4, -0.2) is 35.5 Å². The van der Waals surface area contributed by atoms with Crippen LogP contribution in [0, 0.1) is 5.82 Å². The zero-order chi connectivity index (χ0) is 11.4. The molecule has 0 saturated heterocycles. The second-order valence-electron chi connectivity index (χ2n) is 3.07. The Kier molecular flexibility index (Phi) is 3.38. The van der Waals surface area contributed by atoms with Crippen LogP contribution in [0.25, 0.3) is 0 Å². The maximum atomic E-state index is 12.7. The fourth-order valence-electron chi connectivity index (χ4n) is 1.04. The summed E-state index contributed by atoms with van der Waals surface area (Å²) in [5.41, 5.74) is 0.170. The summed E-state index contributed by atoms with van der Waals surface area (Å²) in [5, 5.41) is 8.53. The number of Topliss-reactive ketones (excluding diaryl/α,β-unsaturated/α-hetero) is 1. The third-order valence-corrected chi connectivity index (χ3v) is 1.85. The van der Waals surface area contributed by atoms with Crippen LogP contribution in [0.15, 0.2) is 24.3 Å². The Morgan fingerprint density at radius 2 is 2.13 bits per heavy atom. The number of likely N-dealkylation sites (N-methyl/N-ethyl adjacent to an activating group) is 1. The van der Waals surface area contributed by atoms with Gasteiger partial charge in [0.2, 0.25) is 0 Å². The fraction of sp³-hybridized carbons (Fsp3) is 0.200. The van der Waals surface area contributed by atoms with Gasteiger partial charge in [-0.05, 0) is 12.1 Å². The minimum Gasteiger partial charge on any atom is -0.465 e. The van der Waals surface area contributed by atoms with Crippen LogP contribution in [0.1, 0.15) is 10.4 Å². The number of carboxylic acid groups (broad SMARTS) is 1. The number of hydrogen-bond donors (Lipinski definition) is 1. The van der Waals surface area contributed by atoms with Gasteiger partial charge in [-0.1, -0.05) is 12.1 Å².